The van der Waals surface area contributed by atoms with E-state index in [1.54, 1.807) is 0 Å². The molecule has 0 saturated carbocycles. The van der Waals surface area contributed by atoms with Gasteiger partial charge in [0, 0.05) is 13.2 Å². The molecule has 0 bridgehead atoms. The number of imidazole rings is 1. The van der Waals surface area contributed by atoms with E-state index in [1.807, 2.05) is 91.0 Å². The lowest BCUT2D eigenvalue weighted by molar-refractivity contribution is -0.0837. The van der Waals surface area contributed by atoms with Crippen molar-refractivity contribution in [3.8, 4) is 11.5 Å². The van der Waals surface area contributed by atoms with E-state index in [2.05, 4.69) is 9.97 Å². The average molecular weight is 652 g/mol. The van der Waals surface area contributed by atoms with Crippen molar-refractivity contribution >= 4 is 27.5 Å². The molecule has 3 aromatic carbocycles. The minimum absolute atomic E-state index is 0.00585. The minimum atomic E-state index is -4.74. The van der Waals surface area contributed by atoms with Crippen molar-refractivity contribution in [1.82, 2.24) is 14.5 Å². The smallest absolute Gasteiger partial charge is 0.356 e. The molecule has 0 aliphatic rings. The number of benzene rings is 3. The molecule has 0 radical (unpaired) electrons. The average Bonchev–Trinajstić information content (AvgIpc) is 3.41. The van der Waals surface area contributed by atoms with Gasteiger partial charge in [-0.3, -0.25) is 4.98 Å². The van der Waals surface area contributed by atoms with Gasteiger partial charge in [0.2, 0.25) is 0 Å². The van der Waals surface area contributed by atoms with E-state index in [1.165, 1.54) is 37.0 Å². The first kappa shape index (κ1) is 32.2. The second-order valence-corrected chi connectivity index (χ2v) is 12.9. The quantitative estimate of drug-likeness (QED) is 0.143. The summed E-state index contributed by atoms with van der Waals surface area (Å²) in [7, 11) is -2.39. The Kier molecular flexibility index (Phi) is 9.29. The lowest BCUT2D eigenvalue weighted by atomic mass is 9.80. The number of sulfone groups is 1. The maximum Gasteiger partial charge on any atom is 0.427 e. The summed E-state index contributed by atoms with van der Waals surface area (Å²) in [6.45, 7) is 1.48. The fraction of sp³-hybridized carbons (Fsp3) is 0.176. The summed E-state index contributed by atoms with van der Waals surface area (Å²) in [4.78, 5) is 8.55. The van der Waals surface area contributed by atoms with Gasteiger partial charge in [-0.25, -0.2) is 13.4 Å². The number of rotatable bonds is 10. The number of hydrogen-bond donors (Lipinski definition) is 0. The third-order valence-electron chi connectivity index (χ3n) is 7.40. The molecule has 232 valence electrons. The van der Waals surface area contributed by atoms with Gasteiger partial charge in [-0.05, 0) is 34.4 Å². The number of nitrogens with zero attached hydrogens (tertiary/aromatic N) is 3. The molecule has 0 atom stereocenters. The number of ether oxygens (including phenoxy) is 1. The fourth-order valence-corrected chi connectivity index (χ4v) is 6.27. The van der Waals surface area contributed by atoms with Crippen LogP contribution in [0.1, 0.15) is 34.9 Å². The van der Waals surface area contributed by atoms with Crippen LogP contribution < -0.4 is 0 Å². The SMILES string of the molecule is CCS(=O)(=O)c1cc(COC(c2ccccc2)(c2ccccc2)c2ccccc2)cnc1-c1ncc(C=C(Cl)C(F)(F)F)n1C. The van der Waals surface area contributed by atoms with Crippen LogP contribution in [0.2, 0.25) is 0 Å². The van der Waals surface area contributed by atoms with Crippen LogP contribution in [0.4, 0.5) is 13.2 Å². The molecule has 45 heavy (non-hydrogen) atoms. The normalized spacial score (nSPS) is 12.8. The van der Waals surface area contributed by atoms with E-state index in [-0.39, 0.29) is 34.5 Å². The van der Waals surface area contributed by atoms with Crippen molar-refractivity contribution in [2.24, 2.45) is 7.05 Å². The van der Waals surface area contributed by atoms with E-state index in [4.69, 9.17) is 16.3 Å². The van der Waals surface area contributed by atoms with Gasteiger partial charge in [-0.1, -0.05) is 110 Å². The molecule has 0 spiro atoms. The predicted molar refractivity (Wildman–Crippen MR) is 168 cm³/mol. The van der Waals surface area contributed by atoms with Gasteiger partial charge < -0.3 is 9.30 Å². The first-order chi connectivity index (χ1) is 21.5. The van der Waals surface area contributed by atoms with Gasteiger partial charge in [0.05, 0.1) is 29.1 Å². The van der Waals surface area contributed by atoms with Gasteiger partial charge in [-0.15, -0.1) is 0 Å². The second kappa shape index (κ2) is 13.0. The van der Waals surface area contributed by atoms with Crippen LogP contribution >= 0.6 is 11.6 Å². The van der Waals surface area contributed by atoms with Gasteiger partial charge in [0.15, 0.2) is 15.7 Å². The zero-order valence-electron chi connectivity index (χ0n) is 24.4. The number of pyridine rings is 1. The van der Waals surface area contributed by atoms with Crippen molar-refractivity contribution in [3.05, 3.63) is 142 Å². The molecule has 11 heteroatoms. The number of halogens is 4. The van der Waals surface area contributed by atoms with Crippen molar-refractivity contribution in [1.29, 1.82) is 0 Å². The summed E-state index contributed by atoms with van der Waals surface area (Å²) >= 11 is 5.44. The number of hydrogen-bond acceptors (Lipinski definition) is 5. The topological polar surface area (TPSA) is 74.1 Å². The Balaban J connectivity index is 1.60. The Labute approximate surface area is 264 Å². The lowest BCUT2D eigenvalue weighted by Crippen LogP contribution is -2.32. The third-order valence-corrected chi connectivity index (χ3v) is 9.47. The van der Waals surface area contributed by atoms with E-state index in [9.17, 15) is 21.6 Å². The minimum Gasteiger partial charge on any atom is -0.356 e. The second-order valence-electron chi connectivity index (χ2n) is 10.2. The standard InChI is InChI=1S/C34H29ClF3N3O3S/c1-3-45(42,43)29-19-24(21-39-31(29)32-40-22-28(41(32)2)20-30(35)34(36,37)38)23-44-33(25-13-7-4-8-14-25,26-15-9-5-10-16-26)27-17-11-6-12-18-27/h4-22H,3,23H2,1-2H3. The van der Waals surface area contributed by atoms with E-state index < -0.39 is 26.6 Å². The molecule has 2 heterocycles. The van der Waals surface area contributed by atoms with E-state index in [0.29, 0.717) is 5.56 Å². The molecule has 6 nitrogen and oxygen atoms in total. The van der Waals surface area contributed by atoms with Crippen molar-refractivity contribution in [2.75, 3.05) is 5.75 Å². The van der Waals surface area contributed by atoms with Gasteiger partial charge in [0.1, 0.15) is 16.3 Å². The molecule has 0 aliphatic heterocycles. The highest BCUT2D eigenvalue weighted by atomic mass is 35.5. The number of aromatic nitrogens is 3. The fourth-order valence-electron chi connectivity index (χ4n) is 5.07. The largest absolute Gasteiger partial charge is 0.427 e. The Hall–Kier alpha value is -4.25. The maximum absolute atomic E-state index is 13.3. The Morgan fingerprint density at radius 2 is 1.38 bits per heavy atom. The third kappa shape index (κ3) is 6.58. The van der Waals surface area contributed by atoms with E-state index in [0.717, 1.165) is 22.8 Å². The predicted octanol–water partition coefficient (Wildman–Crippen LogP) is 7.93. The van der Waals surface area contributed by atoms with Crippen LogP contribution in [-0.2, 0) is 33.8 Å². The van der Waals surface area contributed by atoms with Gasteiger partial charge >= 0.3 is 6.18 Å². The van der Waals surface area contributed by atoms with Crippen LogP contribution in [0.3, 0.4) is 0 Å². The molecule has 0 fully saturated rings. The molecular weight excluding hydrogens is 623 g/mol. The zero-order valence-corrected chi connectivity index (χ0v) is 25.9. The van der Waals surface area contributed by atoms with Crippen LogP contribution in [0.15, 0.2) is 119 Å². The van der Waals surface area contributed by atoms with Crippen molar-refractivity contribution in [3.63, 3.8) is 0 Å². The molecular formula is C34H29ClF3N3O3S. The summed E-state index contributed by atoms with van der Waals surface area (Å²) in [6, 6.07) is 30.7. The highest BCUT2D eigenvalue weighted by Crippen LogP contribution is 2.41. The molecule has 0 N–H and O–H groups in total. The zero-order chi connectivity index (χ0) is 32.2. The summed E-state index contributed by atoms with van der Waals surface area (Å²) in [5.41, 5.74) is 2.09. The van der Waals surface area contributed by atoms with Crippen LogP contribution in [0.25, 0.3) is 17.6 Å². The summed E-state index contributed by atoms with van der Waals surface area (Å²) < 4.78 is 74.0. The van der Waals surface area contributed by atoms with Gasteiger partial charge in [0.25, 0.3) is 0 Å². The highest BCUT2D eigenvalue weighted by molar-refractivity contribution is 7.91. The Bertz CT molecular complexity index is 1820. The van der Waals surface area contributed by atoms with Crippen molar-refractivity contribution < 1.29 is 26.3 Å². The van der Waals surface area contributed by atoms with Crippen LogP contribution in [-0.4, -0.2) is 34.9 Å². The Morgan fingerprint density at radius 3 is 1.84 bits per heavy atom. The summed E-state index contributed by atoms with van der Waals surface area (Å²) in [5, 5.41) is -1.34. The molecule has 5 rings (SSSR count). The monoisotopic (exact) mass is 651 g/mol. The molecule has 0 amide bonds. The molecule has 0 saturated heterocycles. The molecule has 0 aliphatic carbocycles. The lowest BCUT2D eigenvalue weighted by Gasteiger charge is -2.36. The van der Waals surface area contributed by atoms with Crippen LogP contribution in [0, 0.1) is 0 Å². The van der Waals surface area contributed by atoms with Gasteiger partial charge in [-0.2, -0.15) is 13.2 Å². The molecule has 2 aromatic heterocycles. The van der Waals surface area contributed by atoms with Crippen LogP contribution in [0.5, 0.6) is 0 Å². The highest BCUT2D eigenvalue weighted by Gasteiger charge is 2.38. The first-order valence-electron chi connectivity index (χ1n) is 14.0. The number of allylic oxidation sites excluding steroid dienone is 1. The Morgan fingerprint density at radius 1 is 0.867 bits per heavy atom. The summed E-state index contributed by atoms with van der Waals surface area (Å²) in [6.07, 6.45) is -1.34. The van der Waals surface area contributed by atoms with Crippen molar-refractivity contribution in [2.45, 2.75) is 30.2 Å². The first-order valence-corrected chi connectivity index (χ1v) is 16.0. The van der Waals surface area contributed by atoms with E-state index >= 15 is 0 Å². The molecule has 5 aromatic rings. The number of alkyl halides is 3. The summed E-state index contributed by atoms with van der Waals surface area (Å²) in [5.74, 6) is -0.162. The maximum atomic E-state index is 13.3. The molecule has 0 unspecified atom stereocenters.